The van der Waals surface area contributed by atoms with Gasteiger partial charge in [0.1, 0.15) is 5.82 Å². The number of amides is 1. The number of rotatable bonds is 3. The van der Waals surface area contributed by atoms with Gasteiger partial charge in [-0.25, -0.2) is 9.97 Å². The van der Waals surface area contributed by atoms with Crippen LogP contribution in [0.15, 0.2) is 36.5 Å². The molecule has 8 heteroatoms. The third-order valence-electron chi connectivity index (χ3n) is 5.09. The number of anilines is 2. The number of nitrogens with one attached hydrogen (secondary N) is 2. The highest BCUT2D eigenvalue weighted by Crippen LogP contribution is 2.26. The first-order chi connectivity index (χ1) is 14.3. The molecule has 160 valence electrons. The minimum Gasteiger partial charge on any atom is -0.353 e. The molecule has 2 N–H and O–H groups in total. The zero-order valence-electron chi connectivity index (χ0n) is 17.9. The van der Waals surface area contributed by atoms with Gasteiger partial charge in [-0.2, -0.15) is 0 Å². The van der Waals surface area contributed by atoms with E-state index in [4.69, 9.17) is 11.6 Å². The van der Waals surface area contributed by atoms with Crippen LogP contribution in [0, 0.1) is 0 Å². The minimum atomic E-state index is 0.109. The highest BCUT2D eigenvalue weighted by Gasteiger charge is 2.17. The van der Waals surface area contributed by atoms with E-state index in [0.717, 1.165) is 48.1 Å². The van der Waals surface area contributed by atoms with Crippen molar-refractivity contribution in [2.24, 2.45) is 0 Å². The number of aromatic nitrogens is 3. The number of aromatic amines is 1. The minimum absolute atomic E-state index is 0.109. The average molecular weight is 429 g/mol. The Bertz CT molecular complexity index is 989. The molecule has 3 aromatic rings. The summed E-state index contributed by atoms with van der Waals surface area (Å²) in [6.45, 7) is 10.7. The lowest BCUT2D eigenvalue weighted by atomic mass is 9.87. The number of carbonyl (C=O) groups is 1. The molecule has 7 nitrogen and oxygen atoms in total. The number of H-pyrrole nitrogens is 1. The molecule has 1 fully saturated rings. The van der Waals surface area contributed by atoms with E-state index >= 15 is 0 Å². The van der Waals surface area contributed by atoms with Crippen LogP contribution in [0.5, 0.6) is 0 Å². The molecule has 1 aromatic carbocycles. The molecular weight excluding hydrogens is 400 g/mol. The second-order valence-electron chi connectivity index (χ2n) is 8.43. The Morgan fingerprint density at radius 2 is 1.90 bits per heavy atom. The van der Waals surface area contributed by atoms with Gasteiger partial charge in [-0.3, -0.25) is 10.1 Å². The van der Waals surface area contributed by atoms with Crippen LogP contribution in [-0.4, -0.2) is 59.5 Å². The van der Waals surface area contributed by atoms with E-state index in [2.05, 4.69) is 70.0 Å². The van der Waals surface area contributed by atoms with E-state index in [1.165, 1.54) is 5.56 Å². The molecule has 2 aromatic heterocycles. The number of imidazole rings is 1. The SMILES string of the molecule is CC(C)(C)c1ccc2nc(NC=O)[nH]c2c1.CN1CCN(c2ncccc2Cl)CC1. The van der Waals surface area contributed by atoms with Gasteiger partial charge in [0.15, 0.2) is 0 Å². The number of benzene rings is 1. The van der Waals surface area contributed by atoms with E-state index in [-0.39, 0.29) is 5.41 Å². The Morgan fingerprint density at radius 1 is 1.17 bits per heavy atom. The highest BCUT2D eigenvalue weighted by atomic mass is 35.5. The molecule has 0 radical (unpaired) electrons. The van der Waals surface area contributed by atoms with Crippen LogP contribution in [0.3, 0.4) is 0 Å². The van der Waals surface area contributed by atoms with Crippen LogP contribution in [0.2, 0.25) is 5.02 Å². The van der Waals surface area contributed by atoms with Gasteiger partial charge in [-0.05, 0) is 42.3 Å². The van der Waals surface area contributed by atoms with E-state index in [0.29, 0.717) is 12.4 Å². The lowest BCUT2D eigenvalue weighted by Gasteiger charge is -2.33. The second kappa shape index (κ2) is 9.45. The lowest BCUT2D eigenvalue weighted by molar-refractivity contribution is -0.105. The number of halogens is 1. The lowest BCUT2D eigenvalue weighted by Crippen LogP contribution is -2.44. The maximum Gasteiger partial charge on any atom is 0.213 e. The van der Waals surface area contributed by atoms with Gasteiger partial charge in [0.2, 0.25) is 12.4 Å². The smallest absolute Gasteiger partial charge is 0.213 e. The second-order valence-corrected chi connectivity index (χ2v) is 8.84. The van der Waals surface area contributed by atoms with Crippen molar-refractivity contribution in [2.45, 2.75) is 26.2 Å². The largest absolute Gasteiger partial charge is 0.353 e. The number of fused-ring (bicyclic) bond motifs is 1. The molecule has 3 heterocycles. The molecule has 4 rings (SSSR count). The first-order valence-electron chi connectivity index (χ1n) is 10.0. The molecule has 0 aliphatic carbocycles. The van der Waals surface area contributed by atoms with Crippen molar-refractivity contribution in [3.8, 4) is 0 Å². The highest BCUT2D eigenvalue weighted by molar-refractivity contribution is 6.32. The van der Waals surface area contributed by atoms with Crippen molar-refractivity contribution < 1.29 is 4.79 Å². The average Bonchev–Trinajstić information content (AvgIpc) is 3.11. The van der Waals surface area contributed by atoms with E-state index in [9.17, 15) is 4.79 Å². The van der Waals surface area contributed by atoms with Crippen LogP contribution in [-0.2, 0) is 10.2 Å². The van der Waals surface area contributed by atoms with Crippen molar-refractivity contribution in [1.82, 2.24) is 19.9 Å². The first kappa shape index (κ1) is 22.1. The molecule has 0 spiro atoms. The molecular formula is C22H29ClN6O. The van der Waals surface area contributed by atoms with Crippen LogP contribution in [0.4, 0.5) is 11.8 Å². The summed E-state index contributed by atoms with van der Waals surface area (Å²) in [5, 5.41) is 3.26. The van der Waals surface area contributed by atoms with Crippen molar-refractivity contribution >= 4 is 40.8 Å². The summed E-state index contributed by atoms with van der Waals surface area (Å²) in [6, 6.07) is 9.85. The van der Waals surface area contributed by atoms with Crippen molar-refractivity contribution in [1.29, 1.82) is 0 Å². The molecule has 30 heavy (non-hydrogen) atoms. The number of pyridine rings is 1. The predicted molar refractivity (Wildman–Crippen MR) is 123 cm³/mol. The quantitative estimate of drug-likeness (QED) is 0.618. The number of hydrogen-bond donors (Lipinski definition) is 2. The van der Waals surface area contributed by atoms with Gasteiger partial charge in [-0.1, -0.05) is 38.4 Å². The summed E-state index contributed by atoms with van der Waals surface area (Å²) in [7, 11) is 2.14. The Hall–Kier alpha value is -2.64. The third kappa shape index (κ3) is 5.49. The van der Waals surface area contributed by atoms with E-state index in [1.807, 2.05) is 18.2 Å². The summed E-state index contributed by atoms with van der Waals surface area (Å²) < 4.78 is 0. The van der Waals surface area contributed by atoms with Gasteiger partial charge < -0.3 is 14.8 Å². The molecule has 1 aliphatic heterocycles. The normalized spacial score (nSPS) is 14.9. The molecule has 0 bridgehead atoms. The number of carbonyl (C=O) groups excluding carboxylic acids is 1. The van der Waals surface area contributed by atoms with Crippen LogP contribution in [0.1, 0.15) is 26.3 Å². The van der Waals surface area contributed by atoms with Gasteiger partial charge in [0.05, 0.1) is 16.1 Å². The zero-order chi connectivity index (χ0) is 21.7. The summed E-state index contributed by atoms with van der Waals surface area (Å²) in [5.74, 6) is 1.40. The summed E-state index contributed by atoms with van der Waals surface area (Å²) in [6.07, 6.45) is 2.40. The fraction of sp³-hybridized carbons (Fsp3) is 0.409. The molecule has 1 aliphatic rings. The Kier molecular flexibility index (Phi) is 6.95. The monoisotopic (exact) mass is 428 g/mol. The van der Waals surface area contributed by atoms with Crippen molar-refractivity contribution in [3.63, 3.8) is 0 Å². The van der Waals surface area contributed by atoms with E-state index in [1.54, 1.807) is 6.20 Å². The predicted octanol–water partition coefficient (Wildman–Crippen LogP) is 3.92. The van der Waals surface area contributed by atoms with Crippen molar-refractivity contribution in [2.75, 3.05) is 43.4 Å². The number of nitrogens with zero attached hydrogens (tertiary/aromatic N) is 4. The number of hydrogen-bond acceptors (Lipinski definition) is 5. The Labute approximate surface area is 182 Å². The molecule has 0 unspecified atom stereocenters. The van der Waals surface area contributed by atoms with Crippen molar-refractivity contribution in [3.05, 3.63) is 47.1 Å². The molecule has 0 atom stereocenters. The van der Waals surface area contributed by atoms with Gasteiger partial charge >= 0.3 is 0 Å². The van der Waals surface area contributed by atoms with Gasteiger partial charge in [-0.15, -0.1) is 0 Å². The summed E-state index contributed by atoms with van der Waals surface area (Å²) in [5.41, 5.74) is 3.15. The summed E-state index contributed by atoms with van der Waals surface area (Å²) in [4.78, 5) is 26.4. The fourth-order valence-corrected chi connectivity index (χ4v) is 3.47. The van der Waals surface area contributed by atoms with Gasteiger partial charge in [0, 0.05) is 32.4 Å². The maximum atomic E-state index is 10.3. The topological polar surface area (TPSA) is 77.2 Å². The van der Waals surface area contributed by atoms with Crippen LogP contribution in [0.25, 0.3) is 11.0 Å². The number of likely N-dealkylation sites (N-methyl/N-ethyl adjacent to an activating group) is 1. The Balaban J connectivity index is 0.000000172. The van der Waals surface area contributed by atoms with Gasteiger partial charge in [0.25, 0.3) is 0 Å². The molecule has 0 saturated carbocycles. The van der Waals surface area contributed by atoms with Crippen LogP contribution >= 0.6 is 11.6 Å². The standard InChI is InChI=1S/C12H15N3O.C10H14ClN3/c1-12(2,3)8-4-5-9-10(6-8)15-11(14-9)13-7-16;1-13-5-7-14(8-6-13)10-9(11)3-2-4-12-10/h4-7H,1-3H3,(H2,13,14,15,16);2-4H,5-8H2,1H3. The van der Waals surface area contributed by atoms with E-state index < -0.39 is 0 Å². The Morgan fingerprint density at radius 3 is 2.53 bits per heavy atom. The summed E-state index contributed by atoms with van der Waals surface area (Å²) >= 11 is 6.08. The molecule has 1 amide bonds. The number of piperazine rings is 1. The zero-order valence-corrected chi connectivity index (χ0v) is 18.7. The maximum absolute atomic E-state index is 10.3. The third-order valence-corrected chi connectivity index (χ3v) is 5.38. The molecule has 1 saturated heterocycles. The fourth-order valence-electron chi connectivity index (χ4n) is 3.23. The first-order valence-corrected chi connectivity index (χ1v) is 10.4. The van der Waals surface area contributed by atoms with Crippen LogP contribution < -0.4 is 10.2 Å².